The number of nitrogens with zero attached hydrogens (tertiary/aromatic N) is 2. The molecule has 0 radical (unpaired) electrons. The van der Waals surface area contributed by atoms with Crippen molar-refractivity contribution >= 4 is 50.7 Å². The van der Waals surface area contributed by atoms with Crippen LogP contribution in [-0.2, 0) is 32.6 Å². The Balaban J connectivity index is 2.04. The van der Waals surface area contributed by atoms with Crippen LogP contribution in [0, 0.1) is 5.82 Å². The van der Waals surface area contributed by atoms with Gasteiger partial charge in [0.25, 0.3) is 0 Å². The third-order valence-electron chi connectivity index (χ3n) is 6.23. The molecular formula is C29H32Cl2FN3O4S. The molecule has 0 aliphatic heterocycles. The zero-order chi connectivity index (χ0) is 29.3. The Bertz CT molecular complexity index is 1410. The van der Waals surface area contributed by atoms with Gasteiger partial charge in [0.2, 0.25) is 21.8 Å². The predicted octanol–water partition coefficient (Wildman–Crippen LogP) is 5.45. The van der Waals surface area contributed by atoms with E-state index in [0.717, 1.165) is 41.1 Å². The summed E-state index contributed by atoms with van der Waals surface area (Å²) in [7, 11) is -3.94. The van der Waals surface area contributed by atoms with E-state index in [4.69, 9.17) is 23.2 Å². The summed E-state index contributed by atoms with van der Waals surface area (Å²) in [6, 6.07) is 18.0. The molecule has 3 aromatic rings. The molecule has 0 bridgehead atoms. The highest BCUT2D eigenvalue weighted by Gasteiger charge is 2.33. The van der Waals surface area contributed by atoms with Gasteiger partial charge in [0.1, 0.15) is 18.4 Å². The second-order valence-corrected chi connectivity index (χ2v) is 12.1. The number of halogens is 3. The molecule has 7 nitrogen and oxygen atoms in total. The second kappa shape index (κ2) is 14.5. The maximum atomic E-state index is 14.0. The molecule has 11 heteroatoms. The van der Waals surface area contributed by atoms with Gasteiger partial charge in [-0.15, -0.1) is 0 Å². The minimum atomic E-state index is -3.94. The van der Waals surface area contributed by atoms with Crippen LogP contribution in [0.15, 0.2) is 72.8 Å². The van der Waals surface area contributed by atoms with Gasteiger partial charge in [0, 0.05) is 19.5 Å². The highest BCUT2D eigenvalue weighted by molar-refractivity contribution is 7.92. The molecular weight excluding hydrogens is 576 g/mol. The van der Waals surface area contributed by atoms with Crippen molar-refractivity contribution < 1.29 is 22.4 Å². The van der Waals surface area contributed by atoms with Crippen LogP contribution < -0.4 is 9.62 Å². The quantitative estimate of drug-likeness (QED) is 0.262. The van der Waals surface area contributed by atoms with E-state index in [1.54, 1.807) is 18.2 Å². The number of anilines is 1. The van der Waals surface area contributed by atoms with Crippen LogP contribution in [0.5, 0.6) is 0 Å². The normalized spacial score (nSPS) is 12.0. The number of hydrogen-bond donors (Lipinski definition) is 1. The zero-order valence-electron chi connectivity index (χ0n) is 22.3. The molecule has 0 heterocycles. The van der Waals surface area contributed by atoms with E-state index in [2.05, 4.69) is 5.32 Å². The van der Waals surface area contributed by atoms with Crippen molar-refractivity contribution in [1.82, 2.24) is 10.2 Å². The fraction of sp³-hybridized carbons (Fsp3) is 0.310. The van der Waals surface area contributed by atoms with E-state index in [1.807, 2.05) is 37.3 Å². The first-order chi connectivity index (χ1) is 19.0. The van der Waals surface area contributed by atoms with Gasteiger partial charge in [0.05, 0.1) is 22.0 Å². The molecule has 0 unspecified atom stereocenters. The number of hydrogen-bond acceptors (Lipinski definition) is 4. The Morgan fingerprint density at radius 3 is 2.23 bits per heavy atom. The molecule has 40 heavy (non-hydrogen) atoms. The van der Waals surface area contributed by atoms with Gasteiger partial charge in [0.15, 0.2) is 0 Å². The lowest BCUT2D eigenvalue weighted by molar-refractivity contribution is -0.140. The van der Waals surface area contributed by atoms with E-state index in [1.165, 1.54) is 17.0 Å². The van der Waals surface area contributed by atoms with Gasteiger partial charge in [-0.2, -0.15) is 0 Å². The van der Waals surface area contributed by atoms with Crippen LogP contribution in [0.4, 0.5) is 10.1 Å². The SMILES string of the molecule is CCCCNC(=O)[C@@H](Cc1ccccc1)N(Cc1ccc(Cl)c(Cl)c1)C(=O)CN(c1ccc(F)cc1)S(C)(=O)=O. The number of sulfonamides is 1. The zero-order valence-corrected chi connectivity index (χ0v) is 24.6. The fourth-order valence-electron chi connectivity index (χ4n) is 4.12. The average molecular weight is 609 g/mol. The van der Waals surface area contributed by atoms with Crippen molar-refractivity contribution in [1.29, 1.82) is 0 Å². The van der Waals surface area contributed by atoms with Gasteiger partial charge >= 0.3 is 0 Å². The Morgan fingerprint density at radius 1 is 0.950 bits per heavy atom. The highest BCUT2D eigenvalue weighted by atomic mass is 35.5. The number of nitrogens with one attached hydrogen (secondary N) is 1. The van der Waals surface area contributed by atoms with Crippen molar-refractivity contribution in [3.63, 3.8) is 0 Å². The van der Waals surface area contributed by atoms with Crippen molar-refractivity contribution in [3.8, 4) is 0 Å². The minimum Gasteiger partial charge on any atom is -0.354 e. The number of amides is 2. The summed E-state index contributed by atoms with van der Waals surface area (Å²) < 4.78 is 39.9. The number of carbonyl (C=O) groups excluding carboxylic acids is 2. The summed E-state index contributed by atoms with van der Waals surface area (Å²) in [5.74, 6) is -1.53. The lowest BCUT2D eigenvalue weighted by atomic mass is 10.0. The summed E-state index contributed by atoms with van der Waals surface area (Å²) >= 11 is 12.3. The van der Waals surface area contributed by atoms with Gasteiger partial charge in [-0.05, 0) is 53.9 Å². The number of benzene rings is 3. The number of carbonyl (C=O) groups is 2. The van der Waals surface area contributed by atoms with Gasteiger partial charge < -0.3 is 10.2 Å². The van der Waals surface area contributed by atoms with Crippen LogP contribution in [0.3, 0.4) is 0 Å². The van der Waals surface area contributed by atoms with Gasteiger partial charge in [-0.3, -0.25) is 13.9 Å². The monoisotopic (exact) mass is 607 g/mol. The van der Waals surface area contributed by atoms with Crippen LogP contribution in [0.1, 0.15) is 30.9 Å². The largest absolute Gasteiger partial charge is 0.354 e. The van der Waals surface area contributed by atoms with Crippen molar-refractivity contribution in [3.05, 3.63) is 99.8 Å². The van der Waals surface area contributed by atoms with E-state index in [9.17, 15) is 22.4 Å². The van der Waals surface area contributed by atoms with E-state index < -0.39 is 34.3 Å². The molecule has 1 atom stereocenters. The molecule has 0 aliphatic carbocycles. The molecule has 0 fully saturated rings. The molecule has 0 aliphatic rings. The maximum Gasteiger partial charge on any atom is 0.244 e. The topological polar surface area (TPSA) is 86.8 Å². The molecule has 0 saturated heterocycles. The predicted molar refractivity (Wildman–Crippen MR) is 157 cm³/mol. The first-order valence-corrected chi connectivity index (χ1v) is 15.4. The van der Waals surface area contributed by atoms with Crippen molar-refractivity contribution in [2.24, 2.45) is 0 Å². The molecule has 214 valence electrons. The molecule has 0 spiro atoms. The molecule has 0 saturated carbocycles. The van der Waals surface area contributed by atoms with Crippen LogP contribution >= 0.6 is 23.2 Å². The molecule has 2 amide bonds. The minimum absolute atomic E-state index is 0.0323. The number of rotatable bonds is 13. The Hall–Kier alpha value is -3.14. The van der Waals surface area contributed by atoms with E-state index >= 15 is 0 Å². The lowest BCUT2D eigenvalue weighted by Gasteiger charge is -2.33. The van der Waals surface area contributed by atoms with E-state index in [-0.39, 0.29) is 29.6 Å². The third kappa shape index (κ3) is 8.94. The van der Waals surface area contributed by atoms with Gasteiger partial charge in [-0.25, -0.2) is 12.8 Å². The lowest BCUT2D eigenvalue weighted by Crippen LogP contribution is -2.53. The van der Waals surface area contributed by atoms with Crippen LogP contribution in [-0.4, -0.2) is 50.5 Å². The summed E-state index contributed by atoms with van der Waals surface area (Å²) in [5.41, 5.74) is 1.55. The Labute approximate surface area is 244 Å². The third-order valence-corrected chi connectivity index (χ3v) is 8.11. The fourth-order valence-corrected chi connectivity index (χ4v) is 5.29. The smallest absolute Gasteiger partial charge is 0.244 e. The van der Waals surface area contributed by atoms with Crippen molar-refractivity contribution in [2.75, 3.05) is 23.7 Å². The van der Waals surface area contributed by atoms with Crippen LogP contribution in [0.2, 0.25) is 10.0 Å². The summed E-state index contributed by atoms with van der Waals surface area (Å²) in [4.78, 5) is 28.9. The highest BCUT2D eigenvalue weighted by Crippen LogP contribution is 2.25. The van der Waals surface area contributed by atoms with Gasteiger partial charge in [-0.1, -0.05) is 72.9 Å². The molecule has 3 rings (SSSR count). The van der Waals surface area contributed by atoms with E-state index in [0.29, 0.717) is 17.1 Å². The standard InChI is InChI=1S/C29H32Cl2FN3O4S/c1-3-4-16-33-29(37)27(18-21-8-6-5-7-9-21)34(19-22-10-15-25(30)26(31)17-22)28(36)20-35(40(2,38)39)24-13-11-23(32)12-14-24/h5-15,17,27H,3-4,16,18-20H2,1-2H3,(H,33,37)/t27-/m1/s1. The Morgan fingerprint density at radius 2 is 1.62 bits per heavy atom. The summed E-state index contributed by atoms with van der Waals surface area (Å²) in [6.07, 6.45) is 2.79. The average Bonchev–Trinajstić information content (AvgIpc) is 2.91. The van der Waals surface area contributed by atoms with Crippen molar-refractivity contribution in [2.45, 2.75) is 38.8 Å². The molecule has 0 aromatic heterocycles. The number of unbranched alkanes of at least 4 members (excludes halogenated alkanes) is 1. The maximum absolute atomic E-state index is 14.0. The molecule has 3 aromatic carbocycles. The Kier molecular flexibility index (Phi) is 11.4. The first-order valence-electron chi connectivity index (χ1n) is 12.8. The summed E-state index contributed by atoms with van der Waals surface area (Å²) in [5, 5.41) is 3.53. The van der Waals surface area contributed by atoms with Crippen LogP contribution in [0.25, 0.3) is 0 Å². The summed E-state index contributed by atoms with van der Waals surface area (Å²) in [6.45, 7) is 1.80. The second-order valence-electron chi connectivity index (χ2n) is 9.37. The molecule has 1 N–H and O–H groups in total. The first kappa shape index (κ1) is 31.4.